The summed E-state index contributed by atoms with van der Waals surface area (Å²) in [6.45, 7) is 0. The monoisotopic (exact) mass is 372 g/mol. The number of carbonyl (C=O) groups excluding carboxylic acids is 1. The Kier molecular flexibility index (Phi) is 5.11. The Hall–Kier alpha value is -2.70. The highest BCUT2D eigenvalue weighted by atomic mass is 35.5. The smallest absolute Gasteiger partial charge is 0.308 e. The molecule has 0 unspecified atom stereocenters. The minimum Gasteiger partial charge on any atom is -0.481 e. The molecule has 126 valence electrons. The van der Waals surface area contributed by atoms with Crippen LogP contribution in [-0.4, -0.2) is 22.0 Å². The number of nitrogens with zero attached hydrogens (tertiary/aromatic N) is 1. The topological polar surface area (TPSA) is 79.3 Å². The van der Waals surface area contributed by atoms with Crippen molar-refractivity contribution in [3.63, 3.8) is 0 Å². The number of benzene rings is 2. The maximum Gasteiger partial charge on any atom is 0.308 e. The molecule has 1 aromatic heterocycles. The number of hydrogen-bond donors (Lipinski definition) is 2. The van der Waals surface area contributed by atoms with Gasteiger partial charge in [0.25, 0.3) is 5.91 Å². The number of amides is 1. The SMILES string of the molecule is O=C(O)Cc1sc(NC(=O)c2cccc(Cl)c2)nc1-c1ccccc1. The van der Waals surface area contributed by atoms with Gasteiger partial charge in [-0.05, 0) is 18.2 Å². The predicted molar refractivity (Wildman–Crippen MR) is 98.3 cm³/mol. The summed E-state index contributed by atoms with van der Waals surface area (Å²) in [6, 6.07) is 15.8. The Balaban J connectivity index is 1.90. The Labute approximate surface area is 152 Å². The van der Waals surface area contributed by atoms with Gasteiger partial charge in [0.2, 0.25) is 0 Å². The third-order valence-electron chi connectivity index (χ3n) is 3.36. The van der Waals surface area contributed by atoms with Gasteiger partial charge in [0, 0.05) is 21.0 Å². The molecule has 7 heteroatoms. The summed E-state index contributed by atoms with van der Waals surface area (Å²) in [5, 5.41) is 12.6. The quantitative estimate of drug-likeness (QED) is 0.698. The number of rotatable bonds is 5. The van der Waals surface area contributed by atoms with Gasteiger partial charge in [-0.25, -0.2) is 4.98 Å². The molecule has 2 aromatic carbocycles. The van der Waals surface area contributed by atoms with Crippen molar-refractivity contribution in [3.05, 3.63) is 70.1 Å². The average molecular weight is 373 g/mol. The van der Waals surface area contributed by atoms with Crippen molar-refractivity contribution in [1.82, 2.24) is 4.98 Å². The first-order chi connectivity index (χ1) is 12.0. The summed E-state index contributed by atoms with van der Waals surface area (Å²) in [6.07, 6.45) is -0.158. The van der Waals surface area contributed by atoms with E-state index in [0.717, 1.165) is 16.9 Å². The lowest BCUT2D eigenvalue weighted by molar-refractivity contribution is -0.136. The Bertz CT molecular complexity index is 925. The van der Waals surface area contributed by atoms with E-state index < -0.39 is 5.97 Å². The van der Waals surface area contributed by atoms with Gasteiger partial charge in [0.05, 0.1) is 12.1 Å². The predicted octanol–water partition coefficient (Wildman–Crippen LogP) is 4.34. The first-order valence-electron chi connectivity index (χ1n) is 7.37. The molecule has 3 rings (SSSR count). The molecule has 0 aliphatic heterocycles. The fourth-order valence-electron chi connectivity index (χ4n) is 2.28. The second-order valence-corrected chi connectivity index (χ2v) is 6.71. The molecule has 2 N–H and O–H groups in total. The Morgan fingerprint density at radius 1 is 1.12 bits per heavy atom. The van der Waals surface area contributed by atoms with Gasteiger partial charge in [-0.3, -0.25) is 14.9 Å². The molecule has 0 bridgehead atoms. The van der Waals surface area contributed by atoms with Gasteiger partial charge < -0.3 is 5.11 Å². The van der Waals surface area contributed by atoms with E-state index in [1.165, 1.54) is 0 Å². The van der Waals surface area contributed by atoms with Gasteiger partial charge in [-0.15, -0.1) is 11.3 Å². The second kappa shape index (κ2) is 7.46. The van der Waals surface area contributed by atoms with Crippen molar-refractivity contribution in [2.24, 2.45) is 0 Å². The molecule has 1 amide bonds. The van der Waals surface area contributed by atoms with E-state index >= 15 is 0 Å². The molecular weight excluding hydrogens is 360 g/mol. The third-order valence-corrected chi connectivity index (χ3v) is 4.57. The zero-order valence-electron chi connectivity index (χ0n) is 12.9. The number of nitrogens with one attached hydrogen (secondary N) is 1. The zero-order chi connectivity index (χ0) is 17.8. The first kappa shape index (κ1) is 17.1. The van der Waals surface area contributed by atoms with Crippen LogP contribution in [0.2, 0.25) is 5.02 Å². The highest BCUT2D eigenvalue weighted by molar-refractivity contribution is 7.16. The van der Waals surface area contributed by atoms with Crippen LogP contribution in [0.25, 0.3) is 11.3 Å². The van der Waals surface area contributed by atoms with Crippen molar-refractivity contribution in [1.29, 1.82) is 0 Å². The number of anilines is 1. The average Bonchev–Trinajstić information content (AvgIpc) is 2.97. The third kappa shape index (κ3) is 4.23. The van der Waals surface area contributed by atoms with Crippen LogP contribution >= 0.6 is 22.9 Å². The minimum atomic E-state index is -0.950. The van der Waals surface area contributed by atoms with Crippen LogP contribution in [0.15, 0.2) is 54.6 Å². The van der Waals surface area contributed by atoms with Crippen LogP contribution in [0.1, 0.15) is 15.2 Å². The zero-order valence-corrected chi connectivity index (χ0v) is 14.5. The largest absolute Gasteiger partial charge is 0.481 e. The minimum absolute atomic E-state index is 0.158. The summed E-state index contributed by atoms with van der Waals surface area (Å²) in [5.41, 5.74) is 1.77. The molecule has 0 fully saturated rings. The number of aromatic nitrogens is 1. The van der Waals surface area contributed by atoms with Gasteiger partial charge in [0.1, 0.15) is 0 Å². The molecule has 1 heterocycles. The number of aliphatic carboxylic acids is 1. The van der Waals surface area contributed by atoms with Crippen LogP contribution in [0.5, 0.6) is 0 Å². The van der Waals surface area contributed by atoms with E-state index in [9.17, 15) is 9.59 Å². The molecule has 0 aliphatic rings. The standard InChI is InChI=1S/C18H13ClN2O3S/c19-13-8-4-7-12(9-13)17(24)21-18-20-16(11-5-2-1-3-6-11)14(25-18)10-15(22)23/h1-9H,10H2,(H,22,23)(H,20,21,24). The second-order valence-electron chi connectivity index (χ2n) is 5.19. The Morgan fingerprint density at radius 3 is 2.56 bits per heavy atom. The highest BCUT2D eigenvalue weighted by Gasteiger charge is 2.17. The lowest BCUT2D eigenvalue weighted by Crippen LogP contribution is -2.11. The molecule has 5 nitrogen and oxygen atoms in total. The molecule has 0 spiro atoms. The van der Waals surface area contributed by atoms with E-state index in [2.05, 4.69) is 10.3 Å². The van der Waals surface area contributed by atoms with Crippen LogP contribution in [0.3, 0.4) is 0 Å². The number of carboxylic acid groups (broad SMARTS) is 1. The number of halogens is 1. The molecule has 3 aromatic rings. The van der Waals surface area contributed by atoms with E-state index in [1.807, 2.05) is 30.3 Å². The Morgan fingerprint density at radius 2 is 1.88 bits per heavy atom. The van der Waals surface area contributed by atoms with Crippen LogP contribution < -0.4 is 5.32 Å². The van der Waals surface area contributed by atoms with Gasteiger partial charge >= 0.3 is 5.97 Å². The summed E-state index contributed by atoms with van der Waals surface area (Å²) in [5.74, 6) is -1.30. The number of hydrogen-bond acceptors (Lipinski definition) is 4. The molecule has 0 saturated heterocycles. The van der Waals surface area contributed by atoms with E-state index in [1.54, 1.807) is 24.3 Å². The van der Waals surface area contributed by atoms with Crippen molar-refractivity contribution >= 4 is 39.9 Å². The fourth-order valence-corrected chi connectivity index (χ4v) is 3.44. The highest BCUT2D eigenvalue weighted by Crippen LogP contribution is 2.32. The van der Waals surface area contributed by atoms with Crippen molar-refractivity contribution in [2.45, 2.75) is 6.42 Å². The van der Waals surface area contributed by atoms with Crippen molar-refractivity contribution in [2.75, 3.05) is 5.32 Å². The molecule has 0 atom stereocenters. The molecule has 0 radical (unpaired) electrons. The van der Waals surface area contributed by atoms with Crippen LogP contribution in [0.4, 0.5) is 5.13 Å². The normalized spacial score (nSPS) is 10.4. The van der Waals surface area contributed by atoms with Crippen LogP contribution in [-0.2, 0) is 11.2 Å². The molecule has 0 aliphatic carbocycles. The van der Waals surface area contributed by atoms with Gasteiger partial charge in [0.15, 0.2) is 5.13 Å². The van der Waals surface area contributed by atoms with Gasteiger partial charge in [-0.2, -0.15) is 0 Å². The van der Waals surface area contributed by atoms with Crippen molar-refractivity contribution < 1.29 is 14.7 Å². The summed E-state index contributed by atoms with van der Waals surface area (Å²) in [4.78, 5) is 28.4. The van der Waals surface area contributed by atoms with Crippen molar-refractivity contribution in [3.8, 4) is 11.3 Å². The van der Waals surface area contributed by atoms with E-state index in [4.69, 9.17) is 16.7 Å². The maximum atomic E-state index is 12.3. The number of carboxylic acids is 1. The molecule has 25 heavy (non-hydrogen) atoms. The lowest BCUT2D eigenvalue weighted by Gasteiger charge is -2.01. The van der Waals surface area contributed by atoms with Crippen LogP contribution in [0, 0.1) is 0 Å². The summed E-state index contributed by atoms with van der Waals surface area (Å²) < 4.78 is 0. The molecular formula is C18H13ClN2O3S. The maximum absolute atomic E-state index is 12.3. The van der Waals surface area contributed by atoms with E-state index in [-0.39, 0.29) is 12.3 Å². The first-order valence-corrected chi connectivity index (χ1v) is 8.56. The van der Waals surface area contributed by atoms with E-state index in [0.29, 0.717) is 26.3 Å². The van der Waals surface area contributed by atoms with Gasteiger partial charge in [-0.1, -0.05) is 48.0 Å². The fraction of sp³-hybridized carbons (Fsp3) is 0.0556. The number of carbonyl (C=O) groups is 2. The molecule has 0 saturated carbocycles. The lowest BCUT2D eigenvalue weighted by atomic mass is 10.1. The number of thiazole rings is 1. The summed E-state index contributed by atoms with van der Waals surface area (Å²) in [7, 11) is 0. The summed E-state index contributed by atoms with van der Waals surface area (Å²) >= 11 is 7.05.